The van der Waals surface area contributed by atoms with Crippen molar-refractivity contribution in [1.82, 2.24) is 9.78 Å². The molecule has 0 unspecified atom stereocenters. The first-order chi connectivity index (χ1) is 9.27. The van der Waals surface area contributed by atoms with Crippen molar-refractivity contribution in [2.75, 3.05) is 0 Å². The van der Waals surface area contributed by atoms with Crippen LogP contribution in [0.3, 0.4) is 0 Å². The summed E-state index contributed by atoms with van der Waals surface area (Å²) in [6.07, 6.45) is -2.98. The molecule has 0 bridgehead atoms. The molecule has 0 amide bonds. The van der Waals surface area contributed by atoms with Crippen LogP contribution in [0.5, 0.6) is 0 Å². The molecule has 0 spiro atoms. The van der Waals surface area contributed by atoms with E-state index in [4.69, 9.17) is 11.6 Å². The number of rotatable bonds is 3. The lowest BCUT2D eigenvalue weighted by Gasteiger charge is -2.05. The SMILES string of the molecule is O=[N+]([O-])c1ccc(Cl)c(Cn2cc(C(F)(F)F)cn2)c1. The van der Waals surface area contributed by atoms with Crippen LogP contribution in [0, 0.1) is 10.1 Å². The second-order valence-electron chi connectivity index (χ2n) is 3.96. The summed E-state index contributed by atoms with van der Waals surface area (Å²) in [5.74, 6) is 0. The maximum Gasteiger partial charge on any atom is 0.419 e. The fourth-order valence-electron chi connectivity index (χ4n) is 1.57. The second-order valence-corrected chi connectivity index (χ2v) is 4.36. The van der Waals surface area contributed by atoms with E-state index in [9.17, 15) is 23.3 Å². The normalized spacial score (nSPS) is 11.6. The van der Waals surface area contributed by atoms with Gasteiger partial charge in [-0.1, -0.05) is 11.6 Å². The van der Waals surface area contributed by atoms with Crippen molar-refractivity contribution in [3.63, 3.8) is 0 Å². The molecule has 9 heteroatoms. The van der Waals surface area contributed by atoms with Gasteiger partial charge in [0.2, 0.25) is 0 Å². The summed E-state index contributed by atoms with van der Waals surface area (Å²) in [4.78, 5) is 10.0. The van der Waals surface area contributed by atoms with Crippen molar-refractivity contribution in [3.8, 4) is 0 Å². The molecule has 0 aliphatic heterocycles. The van der Waals surface area contributed by atoms with Gasteiger partial charge in [-0.05, 0) is 11.6 Å². The highest BCUT2D eigenvalue weighted by Crippen LogP contribution is 2.29. The molecule has 1 heterocycles. The monoisotopic (exact) mass is 305 g/mol. The van der Waals surface area contributed by atoms with Gasteiger partial charge < -0.3 is 0 Å². The van der Waals surface area contributed by atoms with Gasteiger partial charge in [-0.3, -0.25) is 14.8 Å². The number of aromatic nitrogens is 2. The highest BCUT2D eigenvalue weighted by atomic mass is 35.5. The standard InChI is InChI=1S/C11H7ClF3N3O2/c12-10-2-1-9(18(19)20)3-7(10)5-17-6-8(4-16-17)11(13,14)15/h1-4,6H,5H2. The zero-order chi connectivity index (χ0) is 14.9. The molecule has 2 rings (SSSR count). The summed E-state index contributed by atoms with van der Waals surface area (Å²) >= 11 is 5.86. The molecule has 0 aliphatic carbocycles. The van der Waals surface area contributed by atoms with E-state index in [0.29, 0.717) is 11.8 Å². The van der Waals surface area contributed by atoms with Gasteiger partial charge in [0.15, 0.2) is 0 Å². The van der Waals surface area contributed by atoms with Gasteiger partial charge >= 0.3 is 6.18 Å². The molecule has 0 aliphatic rings. The van der Waals surface area contributed by atoms with Crippen LogP contribution in [0.15, 0.2) is 30.6 Å². The van der Waals surface area contributed by atoms with Gasteiger partial charge in [0.05, 0.1) is 23.2 Å². The Bertz CT molecular complexity index is 655. The van der Waals surface area contributed by atoms with Crippen molar-refractivity contribution in [1.29, 1.82) is 0 Å². The molecule has 0 radical (unpaired) electrons. The Balaban J connectivity index is 2.28. The van der Waals surface area contributed by atoms with Gasteiger partial charge in [-0.25, -0.2) is 0 Å². The second kappa shape index (κ2) is 5.12. The minimum absolute atomic E-state index is 0.0867. The average molecular weight is 306 g/mol. The molecule has 5 nitrogen and oxygen atoms in total. The zero-order valence-electron chi connectivity index (χ0n) is 9.76. The first-order valence-electron chi connectivity index (χ1n) is 5.30. The lowest BCUT2D eigenvalue weighted by molar-refractivity contribution is -0.384. The smallest absolute Gasteiger partial charge is 0.268 e. The number of hydrogen-bond donors (Lipinski definition) is 0. The van der Waals surface area contributed by atoms with Gasteiger partial charge in [0.1, 0.15) is 0 Å². The largest absolute Gasteiger partial charge is 0.419 e. The summed E-state index contributed by atoms with van der Waals surface area (Å²) in [5, 5.41) is 14.4. The van der Waals surface area contributed by atoms with Gasteiger partial charge in [0.25, 0.3) is 5.69 Å². The van der Waals surface area contributed by atoms with Crippen molar-refractivity contribution in [2.24, 2.45) is 0 Å². The lowest BCUT2D eigenvalue weighted by atomic mass is 10.2. The molecular formula is C11H7ClF3N3O2. The Morgan fingerprint density at radius 3 is 2.65 bits per heavy atom. The molecule has 0 saturated heterocycles. The van der Waals surface area contributed by atoms with E-state index in [2.05, 4.69) is 5.10 Å². The van der Waals surface area contributed by atoms with E-state index >= 15 is 0 Å². The van der Waals surface area contributed by atoms with Crippen molar-refractivity contribution in [2.45, 2.75) is 12.7 Å². The Hall–Kier alpha value is -2.09. The number of benzene rings is 1. The molecule has 1 aromatic heterocycles. The predicted octanol–water partition coefficient (Wildman–Crippen LogP) is 3.51. The van der Waals surface area contributed by atoms with E-state index in [1.165, 1.54) is 18.2 Å². The average Bonchev–Trinajstić information content (AvgIpc) is 2.80. The van der Waals surface area contributed by atoms with E-state index < -0.39 is 16.7 Å². The summed E-state index contributed by atoms with van der Waals surface area (Å²) in [7, 11) is 0. The summed E-state index contributed by atoms with van der Waals surface area (Å²) < 4.78 is 38.3. The molecule has 0 N–H and O–H groups in total. The number of nitrogens with zero attached hydrogens (tertiary/aromatic N) is 3. The molecule has 2 aromatic rings. The van der Waals surface area contributed by atoms with E-state index in [-0.39, 0.29) is 17.3 Å². The number of hydrogen-bond acceptors (Lipinski definition) is 3. The topological polar surface area (TPSA) is 61.0 Å². The maximum atomic E-state index is 12.4. The number of non-ortho nitro benzene ring substituents is 1. The minimum Gasteiger partial charge on any atom is -0.268 e. The third-order valence-corrected chi connectivity index (χ3v) is 2.90. The van der Waals surface area contributed by atoms with E-state index in [0.717, 1.165) is 10.9 Å². The highest BCUT2D eigenvalue weighted by Gasteiger charge is 2.32. The van der Waals surface area contributed by atoms with Crippen molar-refractivity contribution < 1.29 is 18.1 Å². The minimum atomic E-state index is -4.48. The van der Waals surface area contributed by atoms with Gasteiger partial charge in [-0.2, -0.15) is 18.3 Å². The first kappa shape index (κ1) is 14.3. The van der Waals surface area contributed by atoms with Gasteiger partial charge in [-0.15, -0.1) is 0 Å². The lowest BCUT2D eigenvalue weighted by Crippen LogP contribution is -2.04. The molecule has 20 heavy (non-hydrogen) atoms. The fraction of sp³-hybridized carbons (Fsp3) is 0.182. The Morgan fingerprint density at radius 1 is 1.40 bits per heavy atom. The zero-order valence-corrected chi connectivity index (χ0v) is 10.5. The van der Waals surface area contributed by atoms with Gasteiger partial charge in [0, 0.05) is 23.4 Å². The molecule has 0 fully saturated rings. The molecule has 106 valence electrons. The van der Waals surface area contributed by atoms with Crippen LogP contribution in [0.1, 0.15) is 11.1 Å². The van der Waals surface area contributed by atoms with Crippen LogP contribution < -0.4 is 0 Å². The van der Waals surface area contributed by atoms with E-state index in [1.807, 2.05) is 0 Å². The first-order valence-corrected chi connectivity index (χ1v) is 5.67. The molecule has 1 aromatic carbocycles. The Labute approximate surface area is 115 Å². The van der Waals surface area contributed by atoms with Crippen LogP contribution in [0.4, 0.5) is 18.9 Å². The van der Waals surface area contributed by atoms with Crippen molar-refractivity contribution in [3.05, 3.63) is 56.9 Å². The van der Waals surface area contributed by atoms with Crippen molar-refractivity contribution >= 4 is 17.3 Å². The highest BCUT2D eigenvalue weighted by molar-refractivity contribution is 6.31. The number of nitro benzene ring substituents is 1. The fourth-order valence-corrected chi connectivity index (χ4v) is 1.74. The Morgan fingerprint density at radius 2 is 2.10 bits per heavy atom. The van der Waals surface area contributed by atoms with Crippen LogP contribution in [-0.4, -0.2) is 14.7 Å². The van der Waals surface area contributed by atoms with Crippen LogP contribution >= 0.6 is 11.6 Å². The molecule has 0 saturated carbocycles. The van der Waals surface area contributed by atoms with Crippen LogP contribution in [-0.2, 0) is 12.7 Å². The molecule has 0 atom stereocenters. The summed E-state index contributed by atoms with van der Waals surface area (Å²) in [6, 6.07) is 3.75. The molecular weight excluding hydrogens is 299 g/mol. The Kier molecular flexibility index (Phi) is 3.67. The number of alkyl halides is 3. The maximum absolute atomic E-state index is 12.4. The number of halogens is 4. The van der Waals surface area contributed by atoms with Crippen LogP contribution in [0.25, 0.3) is 0 Å². The van der Waals surface area contributed by atoms with E-state index in [1.54, 1.807) is 0 Å². The predicted molar refractivity (Wildman–Crippen MR) is 64.4 cm³/mol. The quantitative estimate of drug-likeness (QED) is 0.644. The number of nitro groups is 1. The summed E-state index contributed by atoms with van der Waals surface area (Å²) in [5.41, 5.74) is -0.760. The summed E-state index contributed by atoms with van der Waals surface area (Å²) in [6.45, 7) is -0.0867. The third kappa shape index (κ3) is 3.08. The third-order valence-electron chi connectivity index (χ3n) is 2.53. The van der Waals surface area contributed by atoms with Crippen LogP contribution in [0.2, 0.25) is 5.02 Å².